The molecule has 1 atom stereocenters. The zero-order valence-corrected chi connectivity index (χ0v) is 8.30. The van der Waals surface area contributed by atoms with Gasteiger partial charge < -0.3 is 10.5 Å². The molecule has 90 valence electrons. The van der Waals surface area contributed by atoms with Crippen LogP contribution in [-0.2, 0) is 4.74 Å². The molecule has 0 saturated carbocycles. The molecule has 0 saturated heterocycles. The fourth-order valence-electron chi connectivity index (χ4n) is 1.12. The molecule has 2 nitrogen and oxygen atoms in total. The van der Waals surface area contributed by atoms with E-state index in [1.807, 2.05) is 0 Å². The minimum absolute atomic E-state index is 0.171. The van der Waals surface area contributed by atoms with Gasteiger partial charge in [-0.1, -0.05) is 6.07 Å². The third-order valence-electron chi connectivity index (χ3n) is 1.91. The molecule has 0 aliphatic rings. The van der Waals surface area contributed by atoms with Crippen LogP contribution in [0.2, 0.25) is 0 Å². The Morgan fingerprint density at radius 1 is 1.12 bits per heavy atom. The number of alkyl halides is 2. The lowest BCUT2D eigenvalue weighted by Gasteiger charge is -2.12. The summed E-state index contributed by atoms with van der Waals surface area (Å²) in [6.45, 7) is -0.896. The van der Waals surface area contributed by atoms with Gasteiger partial charge in [-0.15, -0.1) is 0 Å². The molecule has 0 aliphatic carbocycles. The molecular weight excluding hydrogens is 226 g/mol. The molecule has 0 bridgehead atoms. The van der Waals surface area contributed by atoms with E-state index in [0.717, 1.165) is 12.1 Å². The number of hydrogen-bond acceptors (Lipinski definition) is 2. The van der Waals surface area contributed by atoms with Crippen LogP contribution in [0, 0.1) is 11.6 Å². The molecule has 1 unspecified atom stereocenters. The van der Waals surface area contributed by atoms with Gasteiger partial charge in [-0.2, -0.15) is 0 Å². The van der Waals surface area contributed by atoms with E-state index in [2.05, 4.69) is 4.74 Å². The lowest BCUT2D eigenvalue weighted by molar-refractivity contribution is 0.0125. The van der Waals surface area contributed by atoms with Crippen molar-refractivity contribution in [2.45, 2.75) is 12.5 Å². The van der Waals surface area contributed by atoms with Gasteiger partial charge in [0.25, 0.3) is 6.43 Å². The molecule has 0 aromatic heterocycles. The Morgan fingerprint density at radius 2 is 1.81 bits per heavy atom. The first-order valence-electron chi connectivity index (χ1n) is 4.57. The third-order valence-corrected chi connectivity index (χ3v) is 1.91. The zero-order valence-electron chi connectivity index (χ0n) is 8.30. The van der Waals surface area contributed by atoms with Gasteiger partial charge in [0.2, 0.25) is 0 Å². The normalized spacial score (nSPS) is 13.1. The summed E-state index contributed by atoms with van der Waals surface area (Å²) in [6.07, 6.45) is -2.57. The van der Waals surface area contributed by atoms with Crippen LogP contribution in [-0.4, -0.2) is 19.6 Å². The van der Waals surface area contributed by atoms with Crippen molar-refractivity contribution < 1.29 is 22.3 Å². The van der Waals surface area contributed by atoms with Crippen molar-refractivity contribution in [3.05, 3.63) is 35.4 Å². The molecule has 0 fully saturated rings. The van der Waals surface area contributed by atoms with Crippen molar-refractivity contribution in [1.29, 1.82) is 0 Å². The summed E-state index contributed by atoms with van der Waals surface area (Å²) in [6, 6.07) is 2.38. The smallest absolute Gasteiger partial charge is 0.261 e. The van der Waals surface area contributed by atoms with Gasteiger partial charge >= 0.3 is 0 Å². The van der Waals surface area contributed by atoms with Crippen LogP contribution in [0.5, 0.6) is 0 Å². The van der Waals surface area contributed by atoms with E-state index in [4.69, 9.17) is 5.73 Å². The van der Waals surface area contributed by atoms with Crippen LogP contribution in [0.15, 0.2) is 18.2 Å². The lowest BCUT2D eigenvalue weighted by Crippen LogP contribution is -2.19. The van der Waals surface area contributed by atoms with Crippen LogP contribution in [0.4, 0.5) is 17.6 Å². The van der Waals surface area contributed by atoms with Crippen LogP contribution in [0.25, 0.3) is 0 Å². The fraction of sp³-hybridized carbons (Fsp3) is 0.400. The van der Waals surface area contributed by atoms with Crippen molar-refractivity contribution in [2.24, 2.45) is 5.73 Å². The highest BCUT2D eigenvalue weighted by atomic mass is 19.3. The Bertz CT molecular complexity index is 346. The molecular formula is C10H11F4NO. The molecule has 16 heavy (non-hydrogen) atoms. The SMILES string of the molecule is NC(COCC(F)F)c1ccc(F)c(F)c1. The topological polar surface area (TPSA) is 35.2 Å². The average Bonchev–Trinajstić information content (AvgIpc) is 2.21. The summed E-state index contributed by atoms with van der Waals surface area (Å²) >= 11 is 0. The van der Waals surface area contributed by atoms with Gasteiger partial charge in [0.15, 0.2) is 11.6 Å². The van der Waals surface area contributed by atoms with Gasteiger partial charge in [-0.25, -0.2) is 17.6 Å². The van der Waals surface area contributed by atoms with Crippen molar-refractivity contribution in [2.75, 3.05) is 13.2 Å². The van der Waals surface area contributed by atoms with Crippen molar-refractivity contribution in [3.8, 4) is 0 Å². The quantitative estimate of drug-likeness (QED) is 0.797. The first kappa shape index (κ1) is 12.9. The van der Waals surface area contributed by atoms with Crippen molar-refractivity contribution in [3.63, 3.8) is 0 Å². The summed E-state index contributed by atoms with van der Waals surface area (Å²) in [4.78, 5) is 0. The predicted octanol–water partition coefficient (Wildman–Crippen LogP) is 2.25. The van der Waals surface area contributed by atoms with E-state index in [1.54, 1.807) is 0 Å². The summed E-state index contributed by atoms with van der Waals surface area (Å²) < 4.78 is 53.4. The van der Waals surface area contributed by atoms with Gasteiger partial charge in [-0.3, -0.25) is 0 Å². The largest absolute Gasteiger partial charge is 0.374 e. The Hall–Kier alpha value is -1.14. The highest BCUT2D eigenvalue weighted by molar-refractivity contribution is 5.20. The second-order valence-corrected chi connectivity index (χ2v) is 3.21. The number of hydrogen-bond donors (Lipinski definition) is 1. The molecule has 2 N–H and O–H groups in total. The number of nitrogens with two attached hydrogens (primary N) is 1. The molecule has 0 aliphatic heterocycles. The van der Waals surface area contributed by atoms with Crippen LogP contribution >= 0.6 is 0 Å². The van der Waals surface area contributed by atoms with E-state index in [1.165, 1.54) is 6.07 Å². The maximum absolute atomic E-state index is 12.8. The summed E-state index contributed by atoms with van der Waals surface area (Å²) in [7, 11) is 0. The number of ether oxygens (including phenoxy) is 1. The van der Waals surface area contributed by atoms with Crippen LogP contribution in [0.1, 0.15) is 11.6 Å². The molecule has 1 aromatic rings. The maximum Gasteiger partial charge on any atom is 0.261 e. The first-order chi connectivity index (χ1) is 7.50. The maximum atomic E-state index is 12.8. The monoisotopic (exact) mass is 237 g/mol. The van der Waals surface area contributed by atoms with E-state index in [0.29, 0.717) is 5.56 Å². The number of rotatable bonds is 5. The second-order valence-electron chi connectivity index (χ2n) is 3.21. The number of benzene rings is 1. The molecule has 0 spiro atoms. The number of halogens is 4. The Balaban J connectivity index is 2.52. The highest BCUT2D eigenvalue weighted by Crippen LogP contribution is 2.15. The standard InChI is InChI=1S/C10H11F4NO/c11-7-2-1-6(3-8(7)12)9(15)4-16-5-10(13)14/h1-3,9-10H,4-5,15H2. The highest BCUT2D eigenvalue weighted by Gasteiger charge is 2.11. The molecule has 0 heterocycles. The summed E-state index contributed by atoms with van der Waals surface area (Å²) in [5.41, 5.74) is 5.84. The van der Waals surface area contributed by atoms with E-state index < -0.39 is 30.7 Å². The summed E-state index contributed by atoms with van der Waals surface area (Å²) in [5, 5.41) is 0. The molecule has 0 radical (unpaired) electrons. The van der Waals surface area contributed by atoms with Gasteiger partial charge in [0, 0.05) is 0 Å². The average molecular weight is 237 g/mol. The molecule has 0 amide bonds. The van der Waals surface area contributed by atoms with Crippen LogP contribution < -0.4 is 5.73 Å². The zero-order chi connectivity index (χ0) is 12.1. The van der Waals surface area contributed by atoms with Crippen molar-refractivity contribution in [1.82, 2.24) is 0 Å². The Morgan fingerprint density at radius 3 is 2.38 bits per heavy atom. The minimum atomic E-state index is -2.57. The first-order valence-corrected chi connectivity index (χ1v) is 4.57. The summed E-state index contributed by atoms with van der Waals surface area (Å²) in [5.74, 6) is -2.01. The van der Waals surface area contributed by atoms with Crippen LogP contribution in [0.3, 0.4) is 0 Å². The molecule has 1 aromatic carbocycles. The van der Waals surface area contributed by atoms with E-state index in [9.17, 15) is 17.6 Å². The Labute approximate surface area is 90.0 Å². The van der Waals surface area contributed by atoms with Gasteiger partial charge in [0.1, 0.15) is 6.61 Å². The fourth-order valence-corrected chi connectivity index (χ4v) is 1.12. The van der Waals surface area contributed by atoms with E-state index in [-0.39, 0.29) is 6.61 Å². The van der Waals surface area contributed by atoms with E-state index >= 15 is 0 Å². The Kier molecular flexibility index (Phi) is 4.70. The lowest BCUT2D eigenvalue weighted by atomic mass is 10.1. The third kappa shape index (κ3) is 3.79. The van der Waals surface area contributed by atoms with Gasteiger partial charge in [-0.05, 0) is 17.7 Å². The molecule has 6 heteroatoms. The van der Waals surface area contributed by atoms with Crippen molar-refractivity contribution >= 4 is 0 Å². The predicted molar refractivity (Wildman–Crippen MR) is 50.1 cm³/mol. The van der Waals surface area contributed by atoms with Gasteiger partial charge in [0.05, 0.1) is 12.6 Å². The minimum Gasteiger partial charge on any atom is -0.374 e. The molecule has 1 rings (SSSR count). The second kappa shape index (κ2) is 5.81.